The highest BCUT2D eigenvalue weighted by Crippen LogP contribution is 2.12. The first-order valence-corrected chi connectivity index (χ1v) is 11.5. The lowest BCUT2D eigenvalue weighted by Gasteiger charge is -2.13. The van der Waals surface area contributed by atoms with Crippen molar-refractivity contribution in [2.45, 2.75) is 33.0 Å². The highest BCUT2D eigenvalue weighted by molar-refractivity contribution is 7.98. The van der Waals surface area contributed by atoms with Gasteiger partial charge in [-0.25, -0.2) is 4.99 Å². The second-order valence-electron chi connectivity index (χ2n) is 6.99. The van der Waals surface area contributed by atoms with Crippen molar-refractivity contribution in [3.8, 4) is 0 Å². The van der Waals surface area contributed by atoms with Crippen molar-refractivity contribution in [1.29, 1.82) is 0 Å². The van der Waals surface area contributed by atoms with Gasteiger partial charge in [-0.15, -0.1) is 10.2 Å². The molecule has 0 atom stereocenters. The van der Waals surface area contributed by atoms with E-state index in [1.165, 1.54) is 11.1 Å². The molecule has 0 aliphatic carbocycles. The van der Waals surface area contributed by atoms with Crippen molar-refractivity contribution in [2.75, 3.05) is 18.6 Å². The maximum Gasteiger partial charge on any atom is 0.191 e. The quantitative estimate of drug-likeness (QED) is 0.294. The molecule has 0 saturated carbocycles. The molecule has 0 unspecified atom stereocenters. The summed E-state index contributed by atoms with van der Waals surface area (Å²) in [6.07, 6.45) is 6.99. The Labute approximate surface area is 182 Å². The molecule has 0 spiro atoms. The molecular weight excluding hydrogens is 396 g/mol. The normalized spacial score (nSPS) is 11.6. The van der Waals surface area contributed by atoms with Gasteiger partial charge in [-0.2, -0.15) is 16.9 Å². The summed E-state index contributed by atoms with van der Waals surface area (Å²) in [5.41, 5.74) is 2.41. The van der Waals surface area contributed by atoms with E-state index in [4.69, 9.17) is 4.99 Å². The van der Waals surface area contributed by atoms with Gasteiger partial charge in [0.15, 0.2) is 11.8 Å². The second-order valence-corrected chi connectivity index (χ2v) is 7.97. The summed E-state index contributed by atoms with van der Waals surface area (Å²) < 4.78 is 3.91. The van der Waals surface area contributed by atoms with Gasteiger partial charge in [0.25, 0.3) is 0 Å². The zero-order chi connectivity index (χ0) is 21.2. The molecule has 0 bridgehead atoms. The molecule has 0 amide bonds. The van der Waals surface area contributed by atoms with Crippen LogP contribution in [0.5, 0.6) is 0 Å². The first kappa shape index (κ1) is 21.9. The SMILES string of the molecule is CSCCCNC(=NCc1ccccc1Cn1cccn1)NCc1nnc(C)n1C. The Morgan fingerprint density at radius 1 is 1.13 bits per heavy atom. The maximum atomic E-state index is 4.83. The summed E-state index contributed by atoms with van der Waals surface area (Å²) in [5.74, 6) is 3.68. The Kier molecular flexibility index (Phi) is 8.31. The van der Waals surface area contributed by atoms with Crippen molar-refractivity contribution in [1.82, 2.24) is 35.2 Å². The molecule has 1 aromatic carbocycles. The average molecular weight is 427 g/mol. The minimum absolute atomic E-state index is 0.570. The summed E-state index contributed by atoms with van der Waals surface area (Å²) in [5, 5.41) is 19.5. The standard InChI is InChI=1S/C21H30N8S/c1-17-26-27-20(28(17)2)15-24-21(22-10-7-13-30-3)23-14-18-8-4-5-9-19(18)16-29-12-6-11-25-29/h4-6,8-9,11-12H,7,10,13-16H2,1-3H3,(H2,22,23,24). The minimum Gasteiger partial charge on any atom is -0.356 e. The van der Waals surface area contributed by atoms with Gasteiger partial charge in [-0.05, 0) is 42.5 Å². The van der Waals surface area contributed by atoms with Crippen molar-refractivity contribution in [3.63, 3.8) is 0 Å². The number of aromatic nitrogens is 5. The molecule has 2 N–H and O–H groups in total. The summed E-state index contributed by atoms with van der Waals surface area (Å²) >= 11 is 1.85. The minimum atomic E-state index is 0.570. The Bertz CT molecular complexity index is 932. The summed E-state index contributed by atoms with van der Waals surface area (Å²) in [4.78, 5) is 4.83. The molecule has 8 nitrogen and oxygen atoms in total. The van der Waals surface area contributed by atoms with Crippen LogP contribution in [0.1, 0.15) is 29.2 Å². The highest BCUT2D eigenvalue weighted by atomic mass is 32.2. The molecule has 3 rings (SSSR count). The summed E-state index contributed by atoms with van der Waals surface area (Å²) in [6, 6.07) is 10.3. The van der Waals surface area contributed by atoms with Crippen LogP contribution in [0.25, 0.3) is 0 Å². The van der Waals surface area contributed by atoms with Crippen LogP contribution < -0.4 is 10.6 Å². The molecule has 0 saturated heterocycles. The van der Waals surface area contributed by atoms with E-state index in [0.717, 1.165) is 42.9 Å². The molecule has 9 heteroatoms. The molecular formula is C21H30N8S. The molecule has 2 heterocycles. The van der Waals surface area contributed by atoms with Gasteiger partial charge in [0, 0.05) is 26.0 Å². The predicted octanol–water partition coefficient (Wildman–Crippen LogP) is 2.36. The molecule has 160 valence electrons. The lowest BCUT2D eigenvalue weighted by atomic mass is 10.1. The molecule has 0 fully saturated rings. The van der Waals surface area contributed by atoms with Crippen molar-refractivity contribution in [2.24, 2.45) is 12.0 Å². The third-order valence-electron chi connectivity index (χ3n) is 4.83. The van der Waals surface area contributed by atoms with Crippen molar-refractivity contribution < 1.29 is 0 Å². The number of nitrogens with zero attached hydrogens (tertiary/aromatic N) is 6. The summed E-state index contributed by atoms with van der Waals surface area (Å²) in [6.45, 7) is 4.72. The Balaban J connectivity index is 1.68. The van der Waals surface area contributed by atoms with E-state index >= 15 is 0 Å². The van der Waals surface area contributed by atoms with Gasteiger partial charge in [0.05, 0.1) is 19.6 Å². The Hall–Kier alpha value is -2.81. The number of thioether (sulfide) groups is 1. The van der Waals surface area contributed by atoms with Crippen LogP contribution in [0.3, 0.4) is 0 Å². The molecule has 0 aliphatic rings. The van der Waals surface area contributed by atoms with Crippen LogP contribution in [-0.2, 0) is 26.7 Å². The van der Waals surface area contributed by atoms with Gasteiger partial charge in [-0.1, -0.05) is 24.3 Å². The molecule has 2 aromatic heterocycles. The smallest absolute Gasteiger partial charge is 0.191 e. The number of rotatable bonds is 10. The van der Waals surface area contributed by atoms with Gasteiger partial charge in [0.1, 0.15) is 5.82 Å². The van der Waals surface area contributed by atoms with Gasteiger partial charge in [0.2, 0.25) is 0 Å². The summed E-state index contributed by atoms with van der Waals surface area (Å²) in [7, 11) is 1.97. The first-order valence-electron chi connectivity index (χ1n) is 10.1. The van der Waals surface area contributed by atoms with Crippen LogP contribution >= 0.6 is 11.8 Å². The van der Waals surface area contributed by atoms with E-state index < -0.39 is 0 Å². The number of benzene rings is 1. The fourth-order valence-electron chi connectivity index (χ4n) is 2.96. The van der Waals surface area contributed by atoms with E-state index in [2.05, 4.69) is 56.5 Å². The Morgan fingerprint density at radius 2 is 1.97 bits per heavy atom. The van der Waals surface area contributed by atoms with Gasteiger partial charge in [-0.3, -0.25) is 4.68 Å². The van der Waals surface area contributed by atoms with Crippen LogP contribution in [-0.4, -0.2) is 49.1 Å². The van der Waals surface area contributed by atoms with Crippen molar-refractivity contribution in [3.05, 3.63) is 65.5 Å². The number of nitrogens with one attached hydrogen (secondary N) is 2. The van der Waals surface area contributed by atoms with Crippen LogP contribution in [0.2, 0.25) is 0 Å². The van der Waals surface area contributed by atoms with E-state index in [1.54, 1.807) is 6.20 Å². The number of hydrogen-bond donors (Lipinski definition) is 2. The molecule has 30 heavy (non-hydrogen) atoms. The van der Waals surface area contributed by atoms with Crippen LogP contribution in [0.15, 0.2) is 47.7 Å². The molecule has 0 aliphatic heterocycles. The van der Waals surface area contributed by atoms with Crippen molar-refractivity contribution >= 4 is 17.7 Å². The third-order valence-corrected chi connectivity index (χ3v) is 5.53. The lowest BCUT2D eigenvalue weighted by Crippen LogP contribution is -2.38. The average Bonchev–Trinajstić information content (AvgIpc) is 3.38. The predicted molar refractivity (Wildman–Crippen MR) is 122 cm³/mol. The number of aryl methyl sites for hydroxylation is 1. The maximum absolute atomic E-state index is 4.83. The van der Waals surface area contributed by atoms with E-state index in [0.29, 0.717) is 13.1 Å². The van der Waals surface area contributed by atoms with Gasteiger partial charge < -0.3 is 15.2 Å². The fourth-order valence-corrected chi connectivity index (χ4v) is 3.40. The zero-order valence-corrected chi connectivity index (χ0v) is 18.7. The number of aliphatic imine (C=N–C) groups is 1. The van der Waals surface area contributed by atoms with E-state index in [1.807, 2.05) is 47.2 Å². The topological polar surface area (TPSA) is 84.9 Å². The van der Waals surface area contributed by atoms with Crippen LogP contribution in [0, 0.1) is 6.92 Å². The third kappa shape index (κ3) is 6.35. The van der Waals surface area contributed by atoms with Crippen LogP contribution in [0.4, 0.5) is 0 Å². The van der Waals surface area contributed by atoms with Gasteiger partial charge >= 0.3 is 0 Å². The number of guanidine groups is 1. The largest absolute Gasteiger partial charge is 0.356 e. The molecule has 0 radical (unpaired) electrons. The first-order chi connectivity index (χ1) is 14.7. The monoisotopic (exact) mass is 426 g/mol. The second kappa shape index (κ2) is 11.4. The Morgan fingerprint density at radius 3 is 2.67 bits per heavy atom. The van der Waals surface area contributed by atoms with E-state index in [-0.39, 0.29) is 0 Å². The fraction of sp³-hybridized carbons (Fsp3) is 0.429. The highest BCUT2D eigenvalue weighted by Gasteiger charge is 2.07. The zero-order valence-electron chi connectivity index (χ0n) is 17.9. The molecule has 3 aromatic rings. The van der Waals surface area contributed by atoms with E-state index in [9.17, 15) is 0 Å². The number of hydrogen-bond acceptors (Lipinski definition) is 5. The lowest BCUT2D eigenvalue weighted by molar-refractivity contribution is 0.680.